The highest BCUT2D eigenvalue weighted by atomic mass is 127. The van der Waals surface area contributed by atoms with Crippen molar-refractivity contribution >= 4 is 55.2 Å². The average molecular weight is 498 g/mol. The van der Waals surface area contributed by atoms with Gasteiger partial charge < -0.3 is 0 Å². The van der Waals surface area contributed by atoms with Gasteiger partial charge in [-0.2, -0.15) is 0 Å². The Morgan fingerprint density at radius 2 is 1.75 bits per heavy atom. The van der Waals surface area contributed by atoms with Gasteiger partial charge in [-0.1, -0.05) is 59.9 Å². The summed E-state index contributed by atoms with van der Waals surface area (Å²) >= 11 is 3.79. The van der Waals surface area contributed by atoms with Crippen LogP contribution < -0.4 is 4.90 Å². The molecule has 0 saturated heterocycles. The number of hydrogen-bond donors (Lipinski definition) is 0. The summed E-state index contributed by atoms with van der Waals surface area (Å²) in [5.41, 5.74) is 5.09. The highest BCUT2D eigenvalue weighted by Gasteiger charge is 2.23. The lowest BCUT2D eigenvalue weighted by Crippen LogP contribution is -2.30. The van der Waals surface area contributed by atoms with E-state index in [0.29, 0.717) is 12.1 Å². The van der Waals surface area contributed by atoms with E-state index < -0.39 is 0 Å². The SMILES string of the molecule is Cc1cc(C)c2nc(N(Cc3ccccc3)C(=O)c3ccccc3I)sc2c1. The quantitative estimate of drug-likeness (QED) is 0.307. The molecule has 140 valence electrons. The van der Waals surface area contributed by atoms with Gasteiger partial charge in [0.05, 0.1) is 22.3 Å². The molecule has 0 fully saturated rings. The Morgan fingerprint density at radius 3 is 2.50 bits per heavy atom. The van der Waals surface area contributed by atoms with Crippen molar-refractivity contribution in [3.63, 3.8) is 0 Å². The third-order valence-corrected chi connectivity index (χ3v) is 6.55. The zero-order valence-electron chi connectivity index (χ0n) is 15.6. The summed E-state index contributed by atoms with van der Waals surface area (Å²) in [5, 5.41) is 0.734. The van der Waals surface area contributed by atoms with Crippen LogP contribution in [0.25, 0.3) is 10.2 Å². The number of amides is 1. The molecular formula is C23H19IN2OS. The fourth-order valence-corrected chi connectivity index (χ4v) is 5.00. The van der Waals surface area contributed by atoms with E-state index in [1.807, 2.05) is 54.6 Å². The number of nitrogens with zero attached hydrogens (tertiary/aromatic N) is 2. The van der Waals surface area contributed by atoms with Crippen molar-refractivity contribution in [2.75, 3.05) is 4.90 Å². The fraction of sp³-hybridized carbons (Fsp3) is 0.130. The van der Waals surface area contributed by atoms with Crippen molar-refractivity contribution in [3.05, 3.63) is 92.6 Å². The molecule has 3 aromatic carbocycles. The van der Waals surface area contributed by atoms with Crippen LogP contribution in [0.4, 0.5) is 5.13 Å². The third-order valence-electron chi connectivity index (χ3n) is 4.58. The van der Waals surface area contributed by atoms with Gasteiger partial charge in [0.2, 0.25) is 0 Å². The number of aryl methyl sites for hydroxylation is 2. The van der Waals surface area contributed by atoms with Crippen molar-refractivity contribution in [3.8, 4) is 0 Å². The topological polar surface area (TPSA) is 33.2 Å². The minimum atomic E-state index is -0.0257. The van der Waals surface area contributed by atoms with Gasteiger partial charge in [0.25, 0.3) is 5.91 Å². The molecule has 0 aliphatic heterocycles. The first-order valence-corrected chi connectivity index (χ1v) is 10.9. The van der Waals surface area contributed by atoms with Gasteiger partial charge in [-0.25, -0.2) is 4.98 Å². The fourth-order valence-electron chi connectivity index (χ4n) is 3.25. The molecule has 0 atom stereocenters. The minimum Gasteiger partial charge on any atom is -0.279 e. The Hall–Kier alpha value is -2.25. The second-order valence-corrected chi connectivity index (χ2v) is 8.95. The molecule has 0 aliphatic carbocycles. The van der Waals surface area contributed by atoms with Crippen molar-refractivity contribution in [1.29, 1.82) is 0 Å². The summed E-state index contributed by atoms with van der Waals surface area (Å²) in [6.45, 7) is 4.65. The monoisotopic (exact) mass is 498 g/mol. The number of fused-ring (bicyclic) bond motifs is 1. The molecule has 0 saturated carbocycles. The predicted octanol–water partition coefficient (Wildman–Crippen LogP) is 6.36. The number of thiazole rings is 1. The number of carbonyl (C=O) groups excluding carboxylic acids is 1. The number of aromatic nitrogens is 1. The average Bonchev–Trinajstić information content (AvgIpc) is 3.11. The van der Waals surface area contributed by atoms with Crippen molar-refractivity contribution in [2.24, 2.45) is 0 Å². The first-order chi connectivity index (χ1) is 13.5. The van der Waals surface area contributed by atoms with Crippen LogP contribution >= 0.6 is 33.9 Å². The third kappa shape index (κ3) is 3.82. The number of carbonyl (C=O) groups is 1. The second kappa shape index (κ2) is 8.01. The Morgan fingerprint density at radius 1 is 1.04 bits per heavy atom. The van der Waals surface area contributed by atoms with Crippen LogP contribution in [0.5, 0.6) is 0 Å². The molecule has 0 unspecified atom stereocenters. The first kappa shape index (κ1) is 19.1. The molecule has 0 bridgehead atoms. The summed E-state index contributed by atoms with van der Waals surface area (Å²) in [6.07, 6.45) is 0. The van der Waals surface area contributed by atoms with Crippen LogP contribution in [0.15, 0.2) is 66.7 Å². The summed E-state index contributed by atoms with van der Waals surface area (Å²) < 4.78 is 2.05. The standard InChI is InChI=1S/C23H19IN2OS/c1-15-12-16(2)21-20(13-15)28-23(25-21)26(14-17-8-4-3-5-9-17)22(27)18-10-6-7-11-19(18)24/h3-13H,14H2,1-2H3. The zero-order valence-corrected chi connectivity index (χ0v) is 18.6. The van der Waals surface area contributed by atoms with E-state index in [4.69, 9.17) is 4.98 Å². The van der Waals surface area contributed by atoms with Gasteiger partial charge in [0.15, 0.2) is 5.13 Å². The molecular weight excluding hydrogens is 479 g/mol. The van der Waals surface area contributed by atoms with Gasteiger partial charge in [0, 0.05) is 3.57 Å². The molecule has 4 aromatic rings. The molecule has 0 aliphatic rings. The summed E-state index contributed by atoms with van der Waals surface area (Å²) in [6, 6.07) is 22.0. The number of rotatable bonds is 4. The van der Waals surface area contributed by atoms with Crippen molar-refractivity contribution in [1.82, 2.24) is 4.98 Å². The Labute approximate surface area is 182 Å². The minimum absolute atomic E-state index is 0.0257. The highest BCUT2D eigenvalue weighted by Crippen LogP contribution is 2.33. The summed E-state index contributed by atoms with van der Waals surface area (Å²) in [5.74, 6) is -0.0257. The van der Waals surface area contributed by atoms with Crippen LogP contribution in [-0.2, 0) is 6.54 Å². The number of anilines is 1. The molecule has 0 radical (unpaired) electrons. The maximum Gasteiger partial charge on any atom is 0.261 e. The number of hydrogen-bond acceptors (Lipinski definition) is 3. The molecule has 1 heterocycles. The molecule has 4 rings (SSSR count). The van der Waals surface area contributed by atoms with E-state index >= 15 is 0 Å². The summed E-state index contributed by atoms with van der Waals surface area (Å²) in [7, 11) is 0. The lowest BCUT2D eigenvalue weighted by atomic mass is 10.1. The van der Waals surface area contributed by atoms with Gasteiger partial charge in [-0.15, -0.1) is 0 Å². The van der Waals surface area contributed by atoms with Crippen LogP contribution in [0.2, 0.25) is 0 Å². The smallest absolute Gasteiger partial charge is 0.261 e. The zero-order chi connectivity index (χ0) is 19.7. The molecule has 0 spiro atoms. The molecule has 1 amide bonds. The van der Waals surface area contributed by atoms with E-state index in [1.165, 1.54) is 5.56 Å². The maximum absolute atomic E-state index is 13.5. The highest BCUT2D eigenvalue weighted by molar-refractivity contribution is 14.1. The normalized spacial score (nSPS) is 11.0. The van der Waals surface area contributed by atoms with Crippen LogP contribution in [0.1, 0.15) is 27.0 Å². The molecule has 1 aromatic heterocycles. The summed E-state index contributed by atoms with van der Waals surface area (Å²) in [4.78, 5) is 20.1. The molecule has 0 N–H and O–H groups in total. The second-order valence-electron chi connectivity index (χ2n) is 6.78. The van der Waals surface area contributed by atoms with E-state index in [0.717, 1.165) is 30.0 Å². The largest absolute Gasteiger partial charge is 0.279 e. The predicted molar refractivity (Wildman–Crippen MR) is 125 cm³/mol. The Bertz CT molecular complexity index is 1150. The molecule has 5 heteroatoms. The van der Waals surface area contributed by atoms with Gasteiger partial charge in [-0.3, -0.25) is 9.69 Å². The van der Waals surface area contributed by atoms with Crippen LogP contribution in [-0.4, -0.2) is 10.9 Å². The van der Waals surface area contributed by atoms with E-state index in [-0.39, 0.29) is 5.91 Å². The van der Waals surface area contributed by atoms with Crippen LogP contribution in [0.3, 0.4) is 0 Å². The Kier molecular flexibility index (Phi) is 5.46. The molecule has 3 nitrogen and oxygen atoms in total. The lowest BCUT2D eigenvalue weighted by molar-refractivity contribution is 0.0984. The van der Waals surface area contributed by atoms with Crippen molar-refractivity contribution < 1.29 is 4.79 Å². The first-order valence-electron chi connectivity index (χ1n) is 9.01. The number of halogens is 1. The van der Waals surface area contributed by atoms with E-state index in [2.05, 4.69) is 48.6 Å². The Balaban J connectivity index is 1.82. The number of benzene rings is 3. The van der Waals surface area contributed by atoms with Gasteiger partial charge in [-0.05, 0) is 71.3 Å². The maximum atomic E-state index is 13.5. The lowest BCUT2D eigenvalue weighted by Gasteiger charge is -2.20. The van der Waals surface area contributed by atoms with Crippen molar-refractivity contribution in [2.45, 2.75) is 20.4 Å². The van der Waals surface area contributed by atoms with E-state index in [1.54, 1.807) is 16.2 Å². The van der Waals surface area contributed by atoms with Gasteiger partial charge >= 0.3 is 0 Å². The molecule has 28 heavy (non-hydrogen) atoms. The van der Waals surface area contributed by atoms with Gasteiger partial charge in [0.1, 0.15) is 0 Å². The van der Waals surface area contributed by atoms with Crippen LogP contribution in [0, 0.1) is 17.4 Å². The van der Waals surface area contributed by atoms with E-state index in [9.17, 15) is 4.79 Å².